The number of ether oxygens (including phenoxy) is 3. The van der Waals surface area contributed by atoms with Crippen molar-refractivity contribution >= 4 is 22.0 Å². The Bertz CT molecular complexity index is 1510. The molecule has 1 unspecified atom stereocenters. The molecule has 1 aliphatic rings. The fourth-order valence-electron chi connectivity index (χ4n) is 4.79. The molecule has 3 atom stereocenters. The third-order valence-electron chi connectivity index (χ3n) is 6.98. The zero-order valence-corrected chi connectivity index (χ0v) is 26.8. The summed E-state index contributed by atoms with van der Waals surface area (Å²) in [6, 6.07) is 16.0. The predicted octanol–water partition coefficient (Wildman–Crippen LogP) is 6.72. The van der Waals surface area contributed by atoms with Crippen molar-refractivity contribution in [3.63, 3.8) is 0 Å². The molecule has 3 aromatic rings. The van der Waals surface area contributed by atoms with Gasteiger partial charge >= 0.3 is 0 Å². The first-order valence-corrected chi connectivity index (χ1v) is 16.3. The second kappa shape index (κ2) is 13.6. The average Bonchev–Trinajstić information content (AvgIpc) is 2.93. The Morgan fingerprint density at radius 3 is 2.35 bits per heavy atom. The number of aromatic nitrogens is 2. The summed E-state index contributed by atoms with van der Waals surface area (Å²) >= 11 is 0. The Balaban J connectivity index is 1.71. The quantitative estimate of drug-likeness (QED) is 0.251. The van der Waals surface area contributed by atoms with E-state index in [9.17, 15) is 12.8 Å². The SMILES string of the molecule is CC(C)c1nc(N(C)S(C)(=O)=O)nc(-c2ccc(F)cc2)c1/C=C/[C@@H]1C[C@@H](OCc2ccccc2)CC(OC(C)(C)C)O1. The third kappa shape index (κ3) is 9.15. The molecule has 0 radical (unpaired) electrons. The van der Waals surface area contributed by atoms with Crippen molar-refractivity contribution in [1.82, 2.24) is 9.97 Å². The minimum atomic E-state index is -3.62. The molecule has 0 amide bonds. The molecule has 1 aromatic heterocycles. The van der Waals surface area contributed by atoms with E-state index in [0.717, 1.165) is 16.1 Å². The van der Waals surface area contributed by atoms with Crippen LogP contribution in [0.3, 0.4) is 0 Å². The van der Waals surface area contributed by atoms with Gasteiger partial charge in [0.15, 0.2) is 6.29 Å². The predicted molar refractivity (Wildman–Crippen MR) is 168 cm³/mol. The fraction of sp³-hybridized carbons (Fsp3) is 0.455. The first-order chi connectivity index (χ1) is 20.2. The van der Waals surface area contributed by atoms with Crippen LogP contribution in [0, 0.1) is 5.82 Å². The summed E-state index contributed by atoms with van der Waals surface area (Å²) in [6.45, 7) is 10.4. The van der Waals surface area contributed by atoms with E-state index in [4.69, 9.17) is 14.2 Å². The molecule has 0 aliphatic carbocycles. The summed E-state index contributed by atoms with van der Waals surface area (Å²) in [5.41, 5.74) is 3.18. The van der Waals surface area contributed by atoms with Crippen LogP contribution in [0.2, 0.25) is 0 Å². The Hall–Kier alpha value is -3.18. The number of hydrogen-bond acceptors (Lipinski definition) is 7. The van der Waals surface area contributed by atoms with Gasteiger partial charge in [-0.05, 0) is 56.5 Å². The van der Waals surface area contributed by atoms with Crippen LogP contribution in [0.15, 0.2) is 60.7 Å². The van der Waals surface area contributed by atoms with Gasteiger partial charge in [0.05, 0.1) is 42.1 Å². The monoisotopic (exact) mass is 611 g/mol. The highest BCUT2D eigenvalue weighted by atomic mass is 32.2. The van der Waals surface area contributed by atoms with Crippen LogP contribution in [0.1, 0.15) is 70.2 Å². The molecule has 2 heterocycles. The number of rotatable bonds is 10. The summed E-state index contributed by atoms with van der Waals surface area (Å²) in [5, 5.41) is 0. The first-order valence-electron chi connectivity index (χ1n) is 14.5. The van der Waals surface area contributed by atoms with E-state index in [-0.39, 0.29) is 29.9 Å². The summed E-state index contributed by atoms with van der Waals surface area (Å²) in [7, 11) is -2.20. The van der Waals surface area contributed by atoms with Crippen molar-refractivity contribution < 1.29 is 27.0 Å². The van der Waals surface area contributed by atoms with Crippen LogP contribution in [0.4, 0.5) is 10.3 Å². The van der Waals surface area contributed by atoms with Gasteiger partial charge < -0.3 is 14.2 Å². The zero-order valence-electron chi connectivity index (χ0n) is 26.0. The Labute approximate surface area is 255 Å². The lowest BCUT2D eigenvalue weighted by atomic mass is 9.96. The molecule has 43 heavy (non-hydrogen) atoms. The minimum Gasteiger partial charge on any atom is -0.373 e. The van der Waals surface area contributed by atoms with E-state index in [1.165, 1.54) is 19.2 Å². The van der Waals surface area contributed by atoms with E-state index >= 15 is 0 Å². The highest BCUT2D eigenvalue weighted by molar-refractivity contribution is 7.92. The van der Waals surface area contributed by atoms with E-state index < -0.39 is 21.9 Å². The van der Waals surface area contributed by atoms with Gasteiger partial charge in [-0.25, -0.2) is 27.1 Å². The number of nitrogens with zero attached hydrogens (tertiary/aromatic N) is 3. The molecular formula is C33H42FN3O5S. The molecule has 1 saturated heterocycles. The summed E-state index contributed by atoms with van der Waals surface area (Å²) < 4.78 is 58.6. The fourth-order valence-corrected chi connectivity index (χ4v) is 5.17. The lowest BCUT2D eigenvalue weighted by Gasteiger charge is -2.37. The molecular weight excluding hydrogens is 569 g/mol. The molecule has 8 nitrogen and oxygen atoms in total. The van der Waals surface area contributed by atoms with Crippen LogP contribution in [0.25, 0.3) is 17.3 Å². The van der Waals surface area contributed by atoms with Gasteiger partial charge in [0.1, 0.15) is 5.82 Å². The average molecular weight is 612 g/mol. The summed E-state index contributed by atoms with van der Waals surface area (Å²) in [6.07, 6.45) is 5.29. The summed E-state index contributed by atoms with van der Waals surface area (Å²) in [4.78, 5) is 9.33. The van der Waals surface area contributed by atoms with E-state index in [1.807, 2.05) is 77.1 Å². The van der Waals surface area contributed by atoms with Crippen molar-refractivity contribution in [2.45, 2.75) is 84.1 Å². The zero-order chi connectivity index (χ0) is 31.4. The topological polar surface area (TPSA) is 90.9 Å². The largest absolute Gasteiger partial charge is 0.373 e. The number of benzene rings is 2. The Kier molecular flexibility index (Phi) is 10.4. The molecule has 0 bridgehead atoms. The summed E-state index contributed by atoms with van der Waals surface area (Å²) in [5.74, 6) is -0.404. The smallest absolute Gasteiger partial charge is 0.239 e. The molecule has 1 aliphatic heterocycles. The number of hydrogen-bond donors (Lipinski definition) is 0. The van der Waals surface area contributed by atoms with Crippen LogP contribution in [-0.4, -0.2) is 55.8 Å². The van der Waals surface area contributed by atoms with Crippen molar-refractivity contribution in [3.8, 4) is 11.3 Å². The van der Waals surface area contributed by atoms with Gasteiger partial charge in [0.2, 0.25) is 16.0 Å². The van der Waals surface area contributed by atoms with Gasteiger partial charge in [-0.1, -0.05) is 56.3 Å². The lowest BCUT2D eigenvalue weighted by molar-refractivity contribution is -0.246. The van der Waals surface area contributed by atoms with Gasteiger partial charge in [-0.3, -0.25) is 0 Å². The lowest BCUT2D eigenvalue weighted by Crippen LogP contribution is -2.41. The van der Waals surface area contributed by atoms with Gasteiger partial charge in [0, 0.05) is 31.0 Å². The molecule has 4 rings (SSSR count). The van der Waals surface area contributed by atoms with Crippen LogP contribution in [-0.2, 0) is 30.8 Å². The van der Waals surface area contributed by atoms with Crippen LogP contribution in [0.5, 0.6) is 0 Å². The number of halogens is 1. The molecule has 1 fully saturated rings. The van der Waals surface area contributed by atoms with Crippen molar-refractivity contribution in [2.75, 3.05) is 17.6 Å². The third-order valence-corrected chi connectivity index (χ3v) is 8.13. The molecule has 0 saturated carbocycles. The Morgan fingerprint density at radius 1 is 1.07 bits per heavy atom. The van der Waals surface area contributed by atoms with E-state index in [1.54, 1.807) is 12.1 Å². The molecule has 2 aromatic carbocycles. The van der Waals surface area contributed by atoms with Crippen molar-refractivity contribution in [1.29, 1.82) is 0 Å². The van der Waals surface area contributed by atoms with E-state index in [0.29, 0.717) is 42.0 Å². The van der Waals surface area contributed by atoms with Crippen molar-refractivity contribution in [3.05, 3.63) is 83.3 Å². The van der Waals surface area contributed by atoms with E-state index in [2.05, 4.69) is 9.97 Å². The van der Waals surface area contributed by atoms with Gasteiger partial charge in [0.25, 0.3) is 0 Å². The van der Waals surface area contributed by atoms with Gasteiger partial charge in [-0.2, -0.15) is 0 Å². The Morgan fingerprint density at radius 2 is 1.74 bits per heavy atom. The highest BCUT2D eigenvalue weighted by Crippen LogP contribution is 2.33. The standard InChI is InChI=1S/C33H42FN3O5S/c1-22(2)30-28(31(24-13-15-25(34)16-14-24)36-32(35-30)37(6)43(7,38)39)18-17-26-19-27(20-29(41-26)42-33(3,4)5)40-21-23-11-9-8-10-12-23/h8-18,22,26-27,29H,19-21H2,1-7H3/b18-17+/t26-,27-,29?/m1/s1. The maximum absolute atomic E-state index is 13.9. The normalized spacial score (nSPS) is 19.7. The first kappa shape index (κ1) is 32.7. The molecule has 0 spiro atoms. The second-order valence-corrected chi connectivity index (χ2v) is 14.2. The molecule has 0 N–H and O–H groups in total. The number of anilines is 1. The number of sulfonamides is 1. The van der Waals surface area contributed by atoms with Crippen LogP contribution < -0.4 is 4.31 Å². The maximum atomic E-state index is 13.9. The van der Waals surface area contributed by atoms with Crippen molar-refractivity contribution in [2.24, 2.45) is 0 Å². The molecule has 232 valence electrons. The minimum absolute atomic E-state index is 0.0459. The van der Waals surface area contributed by atoms with Crippen LogP contribution >= 0.6 is 0 Å². The second-order valence-electron chi connectivity index (χ2n) is 12.1. The maximum Gasteiger partial charge on any atom is 0.239 e. The molecule has 10 heteroatoms. The van der Waals surface area contributed by atoms with Gasteiger partial charge in [-0.15, -0.1) is 0 Å². The highest BCUT2D eigenvalue weighted by Gasteiger charge is 2.32.